The number of aryl methyl sites for hydroxylation is 1. The second kappa shape index (κ2) is 5.92. The number of nitrogens with zero attached hydrogens (tertiary/aromatic N) is 2. The number of oxazole rings is 1. The van der Waals surface area contributed by atoms with Gasteiger partial charge < -0.3 is 4.42 Å². The first kappa shape index (κ1) is 17.0. The lowest BCUT2D eigenvalue weighted by Gasteiger charge is -2.09. The molecule has 3 aromatic rings. The summed E-state index contributed by atoms with van der Waals surface area (Å²) in [6.07, 6.45) is 1.74. The van der Waals surface area contributed by atoms with Gasteiger partial charge in [-0.3, -0.25) is 0 Å². The minimum Gasteiger partial charge on any atom is -0.415 e. The molecule has 2 heterocycles. The molecule has 0 bridgehead atoms. The molecule has 0 fully saturated rings. The summed E-state index contributed by atoms with van der Waals surface area (Å²) in [6, 6.07) is 6.57. The molecule has 9 heteroatoms. The van der Waals surface area contributed by atoms with Crippen LogP contribution in [0.5, 0.6) is 0 Å². The van der Waals surface area contributed by atoms with E-state index in [4.69, 9.17) is 4.42 Å². The summed E-state index contributed by atoms with van der Waals surface area (Å²) in [5, 5.41) is 0. The number of halogens is 2. The molecule has 2 aromatic heterocycles. The van der Waals surface area contributed by atoms with E-state index >= 15 is 0 Å². The SMILES string of the molecule is Cc1cccc(-n2c(-c3cc(F)c(S(C)(=O)=O)c(F)c3)coc2=O)n1. The molecule has 130 valence electrons. The number of rotatable bonds is 3. The van der Waals surface area contributed by atoms with Gasteiger partial charge in [0.15, 0.2) is 9.84 Å². The zero-order valence-electron chi connectivity index (χ0n) is 13.2. The van der Waals surface area contributed by atoms with Gasteiger partial charge in [0.25, 0.3) is 0 Å². The zero-order valence-corrected chi connectivity index (χ0v) is 14.0. The Morgan fingerprint density at radius 2 is 1.80 bits per heavy atom. The average Bonchev–Trinajstić information content (AvgIpc) is 2.86. The molecule has 1 aromatic carbocycles. The predicted octanol–water partition coefficient (Wildman–Crippen LogP) is 2.48. The second-order valence-electron chi connectivity index (χ2n) is 5.40. The monoisotopic (exact) mass is 366 g/mol. The van der Waals surface area contributed by atoms with Crippen LogP contribution in [0.1, 0.15) is 5.69 Å². The molecular formula is C16H12F2N2O4S. The summed E-state index contributed by atoms with van der Waals surface area (Å²) in [7, 11) is -4.08. The van der Waals surface area contributed by atoms with Crippen LogP contribution >= 0.6 is 0 Å². The van der Waals surface area contributed by atoms with E-state index in [0.29, 0.717) is 11.9 Å². The van der Waals surface area contributed by atoms with Gasteiger partial charge in [-0.05, 0) is 31.2 Å². The number of benzene rings is 1. The van der Waals surface area contributed by atoms with Gasteiger partial charge in [-0.25, -0.2) is 31.5 Å². The lowest BCUT2D eigenvalue weighted by Crippen LogP contribution is -2.15. The van der Waals surface area contributed by atoms with E-state index < -0.39 is 32.1 Å². The third-order valence-corrected chi connectivity index (χ3v) is 4.59. The van der Waals surface area contributed by atoms with Gasteiger partial charge in [0.05, 0.1) is 5.69 Å². The van der Waals surface area contributed by atoms with E-state index in [1.165, 1.54) is 6.07 Å². The molecule has 0 aliphatic rings. The van der Waals surface area contributed by atoms with Gasteiger partial charge in [0.2, 0.25) is 0 Å². The Balaban J connectivity index is 2.25. The van der Waals surface area contributed by atoms with Gasteiger partial charge in [0.1, 0.15) is 28.6 Å². The predicted molar refractivity (Wildman–Crippen MR) is 85.3 cm³/mol. The second-order valence-corrected chi connectivity index (χ2v) is 7.35. The largest absolute Gasteiger partial charge is 0.425 e. The lowest BCUT2D eigenvalue weighted by atomic mass is 10.1. The van der Waals surface area contributed by atoms with Crippen LogP contribution in [0.2, 0.25) is 0 Å². The standard InChI is InChI=1S/C16H12F2N2O4S/c1-9-4-3-5-14(19-9)20-13(8-24-16(20)21)10-6-11(17)15(12(18)7-10)25(2,22)23/h3-8H,1-2H3. The fraction of sp³-hybridized carbons (Fsp3) is 0.125. The Bertz CT molecular complexity index is 1110. The Labute approximate surface area is 141 Å². The highest BCUT2D eigenvalue weighted by molar-refractivity contribution is 7.90. The van der Waals surface area contributed by atoms with Crippen molar-refractivity contribution in [2.24, 2.45) is 0 Å². The fourth-order valence-electron chi connectivity index (χ4n) is 2.44. The molecule has 0 aliphatic carbocycles. The lowest BCUT2D eigenvalue weighted by molar-refractivity contribution is 0.503. The summed E-state index contributed by atoms with van der Waals surface area (Å²) in [5.41, 5.74) is 0.610. The molecular weight excluding hydrogens is 354 g/mol. The number of aromatic nitrogens is 2. The highest BCUT2D eigenvalue weighted by Crippen LogP contribution is 2.27. The molecule has 0 radical (unpaired) electrons. The maximum atomic E-state index is 14.1. The Morgan fingerprint density at radius 1 is 1.16 bits per heavy atom. The van der Waals surface area contributed by atoms with Crippen molar-refractivity contribution in [1.29, 1.82) is 0 Å². The fourth-order valence-corrected chi connectivity index (χ4v) is 3.27. The van der Waals surface area contributed by atoms with Crippen LogP contribution in [-0.4, -0.2) is 24.2 Å². The summed E-state index contributed by atoms with van der Waals surface area (Å²) in [4.78, 5) is 15.2. The van der Waals surface area contributed by atoms with Crippen LogP contribution in [0.3, 0.4) is 0 Å². The summed E-state index contributed by atoms with van der Waals surface area (Å²) < 4.78 is 57.1. The third kappa shape index (κ3) is 3.10. The van der Waals surface area contributed by atoms with Crippen molar-refractivity contribution in [3.8, 4) is 17.1 Å². The van der Waals surface area contributed by atoms with Crippen LogP contribution in [0.15, 0.2) is 50.7 Å². The molecule has 0 aliphatic heterocycles. The molecule has 0 saturated carbocycles. The molecule has 25 heavy (non-hydrogen) atoms. The van der Waals surface area contributed by atoms with Crippen LogP contribution in [-0.2, 0) is 9.84 Å². The van der Waals surface area contributed by atoms with Crippen LogP contribution in [0.4, 0.5) is 8.78 Å². The van der Waals surface area contributed by atoms with Gasteiger partial charge >= 0.3 is 5.76 Å². The Hall–Kier alpha value is -2.81. The van der Waals surface area contributed by atoms with Crippen molar-refractivity contribution in [3.63, 3.8) is 0 Å². The normalized spacial score (nSPS) is 11.7. The highest BCUT2D eigenvalue weighted by Gasteiger charge is 2.23. The quantitative estimate of drug-likeness (QED) is 0.711. The minimum absolute atomic E-state index is 0.0425. The van der Waals surface area contributed by atoms with E-state index in [1.807, 2.05) is 0 Å². The molecule has 3 rings (SSSR count). The molecule has 0 unspecified atom stereocenters. The van der Waals surface area contributed by atoms with E-state index in [1.54, 1.807) is 19.1 Å². The van der Waals surface area contributed by atoms with E-state index in [2.05, 4.69) is 4.98 Å². The molecule has 0 spiro atoms. The average molecular weight is 366 g/mol. The van der Waals surface area contributed by atoms with Crippen LogP contribution in [0.25, 0.3) is 17.1 Å². The van der Waals surface area contributed by atoms with Crippen molar-refractivity contribution in [2.45, 2.75) is 11.8 Å². The van der Waals surface area contributed by atoms with Gasteiger partial charge in [-0.2, -0.15) is 0 Å². The smallest absolute Gasteiger partial charge is 0.415 e. The molecule has 0 atom stereocenters. The van der Waals surface area contributed by atoms with Gasteiger partial charge in [-0.1, -0.05) is 6.07 Å². The number of pyridine rings is 1. The summed E-state index contributed by atoms with van der Waals surface area (Å²) >= 11 is 0. The van der Waals surface area contributed by atoms with Gasteiger partial charge in [-0.15, -0.1) is 0 Å². The number of sulfone groups is 1. The van der Waals surface area contributed by atoms with E-state index in [-0.39, 0.29) is 17.1 Å². The van der Waals surface area contributed by atoms with Crippen molar-refractivity contribution in [2.75, 3.05) is 6.26 Å². The molecule has 0 amide bonds. The third-order valence-electron chi connectivity index (χ3n) is 3.46. The minimum atomic E-state index is -4.08. The van der Waals surface area contributed by atoms with Crippen molar-refractivity contribution < 1.29 is 21.6 Å². The van der Waals surface area contributed by atoms with Gasteiger partial charge in [0, 0.05) is 17.5 Å². The molecule has 0 saturated heterocycles. The van der Waals surface area contributed by atoms with Crippen LogP contribution < -0.4 is 5.76 Å². The molecule has 0 N–H and O–H groups in total. The van der Waals surface area contributed by atoms with Crippen molar-refractivity contribution in [3.05, 3.63) is 64.5 Å². The van der Waals surface area contributed by atoms with Crippen molar-refractivity contribution in [1.82, 2.24) is 9.55 Å². The maximum Gasteiger partial charge on any atom is 0.425 e. The Kier molecular flexibility index (Phi) is 4.03. The Morgan fingerprint density at radius 3 is 2.36 bits per heavy atom. The topological polar surface area (TPSA) is 82.2 Å². The summed E-state index contributed by atoms with van der Waals surface area (Å²) in [5.74, 6) is -3.09. The first-order chi connectivity index (χ1) is 11.7. The van der Waals surface area contributed by atoms with E-state index in [0.717, 1.165) is 23.0 Å². The number of hydrogen-bond donors (Lipinski definition) is 0. The maximum absolute atomic E-state index is 14.1. The first-order valence-corrected chi connectivity index (χ1v) is 8.91. The first-order valence-electron chi connectivity index (χ1n) is 7.02. The van der Waals surface area contributed by atoms with Crippen molar-refractivity contribution >= 4 is 9.84 Å². The summed E-state index contributed by atoms with van der Waals surface area (Å²) in [6.45, 7) is 1.72. The number of hydrogen-bond acceptors (Lipinski definition) is 5. The van der Waals surface area contributed by atoms with Crippen LogP contribution in [0, 0.1) is 18.6 Å². The van der Waals surface area contributed by atoms with E-state index in [9.17, 15) is 22.0 Å². The highest BCUT2D eigenvalue weighted by atomic mass is 32.2. The zero-order chi connectivity index (χ0) is 18.4. The molecule has 6 nitrogen and oxygen atoms in total.